The van der Waals surface area contributed by atoms with E-state index in [0.29, 0.717) is 16.6 Å². The molecule has 1 amide bonds. The smallest absolute Gasteiger partial charge is 0.412 e. The number of nitrogens with one attached hydrogen (secondary N) is 3. The lowest BCUT2D eigenvalue weighted by Crippen LogP contribution is -2.27. The minimum atomic E-state index is -0.556. The Morgan fingerprint density at radius 3 is 2.67 bits per heavy atom. The van der Waals surface area contributed by atoms with Gasteiger partial charge in [-0.3, -0.25) is 20.3 Å². The zero-order valence-corrected chi connectivity index (χ0v) is 10.5. The van der Waals surface area contributed by atoms with Crippen molar-refractivity contribution < 1.29 is 9.53 Å². The maximum Gasteiger partial charge on any atom is 0.412 e. The van der Waals surface area contributed by atoms with E-state index in [2.05, 4.69) is 15.5 Å². The first-order valence-electron chi connectivity index (χ1n) is 5.55. The molecule has 0 aliphatic carbocycles. The second-order valence-corrected chi connectivity index (χ2v) is 4.97. The van der Waals surface area contributed by atoms with Gasteiger partial charge in [0.15, 0.2) is 0 Å². The summed E-state index contributed by atoms with van der Waals surface area (Å²) in [5, 5.41) is 8.27. The van der Waals surface area contributed by atoms with Crippen LogP contribution in [0.25, 0.3) is 10.9 Å². The fraction of sp³-hybridized carbons (Fsp3) is 0.333. The Labute approximate surface area is 103 Å². The van der Waals surface area contributed by atoms with Gasteiger partial charge in [0.05, 0.1) is 10.9 Å². The molecule has 96 valence electrons. The first-order chi connectivity index (χ1) is 8.35. The highest BCUT2D eigenvalue weighted by molar-refractivity contribution is 5.89. The number of carbonyl (C=O) groups is 1. The van der Waals surface area contributed by atoms with Crippen LogP contribution in [0.2, 0.25) is 0 Å². The van der Waals surface area contributed by atoms with Gasteiger partial charge in [-0.15, -0.1) is 0 Å². The summed E-state index contributed by atoms with van der Waals surface area (Å²) >= 11 is 0. The number of hydrogen-bond donors (Lipinski definition) is 3. The number of amides is 1. The molecule has 0 fully saturated rings. The van der Waals surface area contributed by atoms with Crippen molar-refractivity contribution in [1.29, 1.82) is 0 Å². The van der Waals surface area contributed by atoms with Crippen molar-refractivity contribution in [2.24, 2.45) is 0 Å². The summed E-state index contributed by atoms with van der Waals surface area (Å²) in [6, 6.07) is 4.99. The van der Waals surface area contributed by atoms with E-state index in [9.17, 15) is 9.59 Å². The number of fused-ring (bicyclic) bond motifs is 1. The van der Waals surface area contributed by atoms with Crippen LogP contribution >= 0.6 is 0 Å². The molecule has 1 aromatic heterocycles. The predicted molar refractivity (Wildman–Crippen MR) is 68.8 cm³/mol. The van der Waals surface area contributed by atoms with E-state index < -0.39 is 11.7 Å². The van der Waals surface area contributed by atoms with Crippen molar-refractivity contribution in [2.45, 2.75) is 26.4 Å². The van der Waals surface area contributed by atoms with Crippen LogP contribution in [0.1, 0.15) is 20.8 Å². The van der Waals surface area contributed by atoms with Crippen LogP contribution in [0.5, 0.6) is 0 Å². The first-order valence-corrected chi connectivity index (χ1v) is 5.55. The van der Waals surface area contributed by atoms with Crippen LogP contribution in [0.3, 0.4) is 0 Å². The van der Waals surface area contributed by atoms with Crippen LogP contribution < -0.4 is 10.9 Å². The van der Waals surface area contributed by atoms with Gasteiger partial charge in [-0.1, -0.05) is 0 Å². The quantitative estimate of drug-likeness (QED) is 0.724. The van der Waals surface area contributed by atoms with E-state index in [1.807, 2.05) is 0 Å². The summed E-state index contributed by atoms with van der Waals surface area (Å²) in [5.41, 5.74) is 0.425. The number of rotatable bonds is 1. The van der Waals surface area contributed by atoms with Crippen molar-refractivity contribution in [3.05, 3.63) is 28.6 Å². The lowest BCUT2D eigenvalue weighted by atomic mass is 10.2. The molecule has 0 unspecified atom stereocenters. The molecule has 2 aromatic rings. The van der Waals surface area contributed by atoms with Gasteiger partial charge in [0.1, 0.15) is 5.60 Å². The Morgan fingerprint density at radius 2 is 2.00 bits per heavy atom. The normalized spacial score (nSPS) is 11.5. The molecule has 0 aliphatic heterocycles. The fourth-order valence-corrected chi connectivity index (χ4v) is 1.53. The zero-order valence-electron chi connectivity index (χ0n) is 10.5. The third kappa shape index (κ3) is 2.71. The van der Waals surface area contributed by atoms with Gasteiger partial charge in [-0.2, -0.15) is 0 Å². The number of benzene rings is 1. The molecule has 3 N–H and O–H groups in total. The fourth-order valence-electron chi connectivity index (χ4n) is 1.53. The molecule has 18 heavy (non-hydrogen) atoms. The molecular weight excluding hydrogens is 234 g/mol. The van der Waals surface area contributed by atoms with Crippen LogP contribution in [-0.2, 0) is 4.74 Å². The lowest BCUT2D eigenvalue weighted by Gasteiger charge is -2.19. The summed E-state index contributed by atoms with van der Waals surface area (Å²) in [6.45, 7) is 5.35. The standard InChI is InChI=1S/C12H15N3O3/c1-12(2,3)18-11(17)13-7-4-5-9-8(6-7)10(16)15-14-9/h4-6H,1-3H3,(H,13,17)(H2,14,15,16). The molecule has 1 aromatic carbocycles. The van der Waals surface area contributed by atoms with Crippen molar-refractivity contribution in [1.82, 2.24) is 10.2 Å². The Kier molecular flexibility index (Phi) is 2.86. The largest absolute Gasteiger partial charge is 0.444 e. The SMILES string of the molecule is CC(C)(C)OC(=O)Nc1ccc2[nH][nH]c(=O)c2c1. The third-order valence-electron chi connectivity index (χ3n) is 2.22. The summed E-state index contributed by atoms with van der Waals surface area (Å²) in [6.07, 6.45) is -0.547. The summed E-state index contributed by atoms with van der Waals surface area (Å²) < 4.78 is 5.12. The Morgan fingerprint density at radius 1 is 1.28 bits per heavy atom. The molecular formula is C12H15N3O3. The monoisotopic (exact) mass is 249 g/mol. The summed E-state index contributed by atoms with van der Waals surface area (Å²) in [7, 11) is 0. The van der Waals surface area contributed by atoms with Gasteiger partial charge in [-0.25, -0.2) is 4.79 Å². The molecule has 0 bridgehead atoms. The number of carbonyl (C=O) groups excluding carboxylic acids is 1. The van der Waals surface area contributed by atoms with Gasteiger partial charge in [-0.05, 0) is 39.0 Å². The minimum absolute atomic E-state index is 0.224. The minimum Gasteiger partial charge on any atom is -0.444 e. The van der Waals surface area contributed by atoms with Crippen LogP contribution in [0.15, 0.2) is 23.0 Å². The average Bonchev–Trinajstić information content (AvgIpc) is 2.57. The molecule has 0 saturated carbocycles. The highest BCUT2D eigenvalue weighted by Crippen LogP contribution is 2.15. The Balaban J connectivity index is 2.19. The van der Waals surface area contributed by atoms with E-state index >= 15 is 0 Å². The maximum absolute atomic E-state index is 11.6. The molecule has 0 spiro atoms. The van der Waals surface area contributed by atoms with Crippen molar-refractivity contribution in [3.8, 4) is 0 Å². The summed E-state index contributed by atoms with van der Waals surface area (Å²) in [5.74, 6) is 0. The van der Waals surface area contributed by atoms with Gasteiger partial charge in [0.2, 0.25) is 0 Å². The molecule has 1 heterocycles. The summed E-state index contributed by atoms with van der Waals surface area (Å²) in [4.78, 5) is 23.0. The Bertz CT molecular complexity index is 634. The highest BCUT2D eigenvalue weighted by Gasteiger charge is 2.16. The topological polar surface area (TPSA) is 87.0 Å². The van der Waals surface area contributed by atoms with Gasteiger partial charge in [0.25, 0.3) is 5.56 Å². The van der Waals surface area contributed by atoms with Crippen molar-refractivity contribution in [2.75, 3.05) is 5.32 Å². The number of aromatic nitrogens is 2. The number of H-pyrrole nitrogens is 2. The lowest BCUT2D eigenvalue weighted by molar-refractivity contribution is 0.0636. The molecule has 2 rings (SSSR count). The van der Waals surface area contributed by atoms with Crippen LogP contribution in [0, 0.1) is 0 Å². The maximum atomic E-state index is 11.6. The molecule has 6 heteroatoms. The number of aromatic amines is 2. The van der Waals surface area contributed by atoms with E-state index in [0.717, 1.165) is 0 Å². The van der Waals surface area contributed by atoms with Gasteiger partial charge in [0, 0.05) is 5.69 Å². The zero-order chi connectivity index (χ0) is 13.3. The number of ether oxygens (including phenoxy) is 1. The van der Waals surface area contributed by atoms with Crippen molar-refractivity contribution in [3.63, 3.8) is 0 Å². The predicted octanol–water partition coefficient (Wildman–Crippen LogP) is 2.20. The second kappa shape index (κ2) is 4.21. The van der Waals surface area contributed by atoms with E-state index in [-0.39, 0.29) is 5.56 Å². The first kappa shape index (κ1) is 12.2. The van der Waals surface area contributed by atoms with Crippen molar-refractivity contribution >= 4 is 22.7 Å². The van der Waals surface area contributed by atoms with Gasteiger partial charge < -0.3 is 4.74 Å². The highest BCUT2D eigenvalue weighted by atomic mass is 16.6. The van der Waals surface area contributed by atoms with E-state index in [1.54, 1.807) is 39.0 Å². The Hall–Kier alpha value is -2.24. The van der Waals surface area contributed by atoms with Crippen LogP contribution in [-0.4, -0.2) is 21.9 Å². The van der Waals surface area contributed by atoms with Gasteiger partial charge >= 0.3 is 6.09 Å². The van der Waals surface area contributed by atoms with E-state index in [1.165, 1.54) is 0 Å². The van der Waals surface area contributed by atoms with Crippen LogP contribution in [0.4, 0.5) is 10.5 Å². The molecule has 6 nitrogen and oxygen atoms in total. The third-order valence-corrected chi connectivity index (χ3v) is 2.22. The second-order valence-electron chi connectivity index (χ2n) is 4.97. The van der Waals surface area contributed by atoms with E-state index in [4.69, 9.17) is 4.74 Å². The molecule has 0 radical (unpaired) electrons. The average molecular weight is 249 g/mol. The molecule has 0 atom stereocenters. The molecule has 0 saturated heterocycles. The number of anilines is 1. The molecule has 0 aliphatic rings. The number of hydrogen-bond acceptors (Lipinski definition) is 3.